The number of methoxy groups -OCH3 is 1. The van der Waals surface area contributed by atoms with Gasteiger partial charge in [-0.25, -0.2) is 0 Å². The van der Waals surface area contributed by atoms with Crippen LogP contribution >= 0.6 is 0 Å². The maximum Gasteiger partial charge on any atom is 0.258 e. The molecule has 1 N–H and O–H groups in total. The third-order valence-electron chi connectivity index (χ3n) is 4.31. The van der Waals surface area contributed by atoms with Crippen LogP contribution in [0.1, 0.15) is 16.7 Å². The minimum Gasteiger partial charge on any atom is -0.493 e. The number of amides is 1. The third-order valence-corrected chi connectivity index (χ3v) is 4.31. The van der Waals surface area contributed by atoms with Gasteiger partial charge in [0.25, 0.3) is 5.91 Å². The van der Waals surface area contributed by atoms with Gasteiger partial charge in [-0.2, -0.15) is 0 Å². The molecule has 3 aromatic rings. The topological polar surface area (TPSA) is 56.8 Å². The van der Waals surface area contributed by atoms with E-state index in [1.165, 1.54) is 0 Å². The van der Waals surface area contributed by atoms with Crippen LogP contribution < -0.4 is 19.5 Å². The predicted octanol–water partition coefficient (Wildman–Crippen LogP) is 4.28. The molecular formula is C24H25NO4. The number of ether oxygens (including phenoxy) is 3. The molecule has 0 unspecified atom stereocenters. The van der Waals surface area contributed by atoms with E-state index in [0.29, 0.717) is 30.4 Å². The Labute approximate surface area is 171 Å². The fraction of sp³-hybridized carbons (Fsp3) is 0.208. The molecule has 0 aliphatic rings. The van der Waals surface area contributed by atoms with Crippen molar-refractivity contribution in [2.24, 2.45) is 0 Å². The van der Waals surface area contributed by atoms with Crippen LogP contribution in [0.15, 0.2) is 72.8 Å². The van der Waals surface area contributed by atoms with Gasteiger partial charge in [-0.05, 0) is 47.9 Å². The second kappa shape index (κ2) is 10.2. The van der Waals surface area contributed by atoms with Crippen LogP contribution in [0.5, 0.6) is 17.2 Å². The fourth-order valence-corrected chi connectivity index (χ4v) is 2.78. The van der Waals surface area contributed by atoms with Crippen LogP contribution in [-0.2, 0) is 17.9 Å². The van der Waals surface area contributed by atoms with Gasteiger partial charge in [0.1, 0.15) is 12.4 Å². The molecule has 0 heterocycles. The molecule has 3 aromatic carbocycles. The molecule has 3 rings (SSSR count). The SMILES string of the molecule is COc1cc(CNC(=O)COc2cccc(C)c2)ccc1OCc1ccccc1. The Morgan fingerprint density at radius 3 is 2.45 bits per heavy atom. The number of hydrogen-bond donors (Lipinski definition) is 1. The first-order valence-electron chi connectivity index (χ1n) is 9.44. The van der Waals surface area contributed by atoms with Gasteiger partial charge in [-0.1, -0.05) is 48.5 Å². The summed E-state index contributed by atoms with van der Waals surface area (Å²) in [5.41, 5.74) is 3.09. The highest BCUT2D eigenvalue weighted by molar-refractivity contribution is 5.77. The Kier molecular flexibility index (Phi) is 7.11. The lowest BCUT2D eigenvalue weighted by molar-refractivity contribution is -0.123. The summed E-state index contributed by atoms with van der Waals surface area (Å²) in [6.07, 6.45) is 0. The fourth-order valence-electron chi connectivity index (χ4n) is 2.78. The standard InChI is InChI=1S/C24H25NO4/c1-18-7-6-10-21(13-18)28-17-24(26)25-15-20-11-12-22(23(14-20)27-2)29-16-19-8-4-3-5-9-19/h3-14H,15-17H2,1-2H3,(H,25,26). The van der Waals surface area contributed by atoms with Crippen molar-refractivity contribution >= 4 is 5.91 Å². The molecule has 5 nitrogen and oxygen atoms in total. The molecule has 0 saturated carbocycles. The van der Waals surface area contributed by atoms with Crippen LogP contribution in [0.25, 0.3) is 0 Å². The smallest absolute Gasteiger partial charge is 0.258 e. The number of carbonyl (C=O) groups is 1. The van der Waals surface area contributed by atoms with E-state index < -0.39 is 0 Å². The molecule has 150 valence electrons. The highest BCUT2D eigenvalue weighted by Gasteiger charge is 2.08. The van der Waals surface area contributed by atoms with Crippen LogP contribution in [0.3, 0.4) is 0 Å². The third kappa shape index (κ3) is 6.28. The van der Waals surface area contributed by atoms with E-state index in [1.54, 1.807) is 7.11 Å². The molecule has 0 fully saturated rings. The Morgan fingerprint density at radius 2 is 1.69 bits per heavy atom. The number of benzene rings is 3. The van der Waals surface area contributed by atoms with Crippen molar-refractivity contribution < 1.29 is 19.0 Å². The Balaban J connectivity index is 1.50. The van der Waals surface area contributed by atoms with Crippen LogP contribution in [0.4, 0.5) is 0 Å². The zero-order valence-corrected chi connectivity index (χ0v) is 16.7. The molecule has 0 saturated heterocycles. The monoisotopic (exact) mass is 391 g/mol. The lowest BCUT2D eigenvalue weighted by Crippen LogP contribution is -2.28. The van der Waals surface area contributed by atoms with Crippen LogP contribution in [0, 0.1) is 6.92 Å². The zero-order valence-electron chi connectivity index (χ0n) is 16.7. The lowest BCUT2D eigenvalue weighted by atomic mass is 10.2. The molecule has 0 spiro atoms. The van der Waals surface area contributed by atoms with E-state index in [9.17, 15) is 4.79 Å². The first-order valence-corrected chi connectivity index (χ1v) is 9.44. The number of carbonyl (C=O) groups excluding carboxylic acids is 1. The van der Waals surface area contributed by atoms with Crippen molar-refractivity contribution in [3.63, 3.8) is 0 Å². The summed E-state index contributed by atoms with van der Waals surface area (Å²) in [7, 11) is 1.60. The molecule has 0 radical (unpaired) electrons. The summed E-state index contributed by atoms with van der Waals surface area (Å²) in [4.78, 5) is 12.1. The normalized spacial score (nSPS) is 10.3. The maximum atomic E-state index is 12.1. The number of aryl methyl sites for hydroxylation is 1. The van der Waals surface area contributed by atoms with E-state index in [4.69, 9.17) is 14.2 Å². The predicted molar refractivity (Wildman–Crippen MR) is 112 cm³/mol. The average Bonchev–Trinajstić information content (AvgIpc) is 2.75. The van der Waals surface area contributed by atoms with Gasteiger partial charge in [-0.15, -0.1) is 0 Å². The minimum absolute atomic E-state index is 0.0289. The van der Waals surface area contributed by atoms with E-state index in [1.807, 2.05) is 79.7 Å². The highest BCUT2D eigenvalue weighted by Crippen LogP contribution is 2.28. The molecule has 0 aliphatic heterocycles. The second-order valence-corrected chi connectivity index (χ2v) is 6.64. The van der Waals surface area contributed by atoms with Crippen molar-refractivity contribution in [2.45, 2.75) is 20.1 Å². The quantitative estimate of drug-likeness (QED) is 0.592. The number of nitrogens with one attached hydrogen (secondary N) is 1. The summed E-state index contributed by atoms with van der Waals surface area (Å²) in [6.45, 7) is 2.79. The van der Waals surface area contributed by atoms with Crippen molar-refractivity contribution in [1.82, 2.24) is 5.32 Å². The van der Waals surface area contributed by atoms with Gasteiger partial charge >= 0.3 is 0 Å². The van der Waals surface area contributed by atoms with Crippen molar-refractivity contribution in [3.05, 3.63) is 89.5 Å². The van der Waals surface area contributed by atoms with Gasteiger partial charge in [0, 0.05) is 6.54 Å². The highest BCUT2D eigenvalue weighted by atomic mass is 16.5. The van der Waals surface area contributed by atoms with Gasteiger partial charge in [0.05, 0.1) is 7.11 Å². The first-order chi connectivity index (χ1) is 14.1. The Morgan fingerprint density at radius 1 is 0.862 bits per heavy atom. The molecule has 5 heteroatoms. The van der Waals surface area contributed by atoms with Crippen molar-refractivity contribution in [2.75, 3.05) is 13.7 Å². The van der Waals surface area contributed by atoms with E-state index in [2.05, 4.69) is 5.32 Å². The average molecular weight is 391 g/mol. The Bertz CT molecular complexity index is 941. The van der Waals surface area contributed by atoms with Gasteiger partial charge < -0.3 is 19.5 Å². The summed E-state index contributed by atoms with van der Waals surface area (Å²) in [6, 6.07) is 23.2. The molecule has 0 bridgehead atoms. The summed E-state index contributed by atoms with van der Waals surface area (Å²) in [5.74, 6) is 1.79. The first kappa shape index (κ1) is 20.3. The van der Waals surface area contributed by atoms with Crippen molar-refractivity contribution in [1.29, 1.82) is 0 Å². The summed E-state index contributed by atoms with van der Waals surface area (Å²) < 4.78 is 16.8. The molecule has 0 aliphatic carbocycles. The van der Waals surface area contributed by atoms with E-state index in [0.717, 1.165) is 16.7 Å². The zero-order chi connectivity index (χ0) is 20.5. The largest absolute Gasteiger partial charge is 0.493 e. The van der Waals surface area contributed by atoms with Gasteiger partial charge in [0.2, 0.25) is 0 Å². The molecule has 29 heavy (non-hydrogen) atoms. The number of hydrogen-bond acceptors (Lipinski definition) is 4. The summed E-state index contributed by atoms with van der Waals surface area (Å²) >= 11 is 0. The van der Waals surface area contributed by atoms with Gasteiger partial charge in [-0.3, -0.25) is 4.79 Å². The van der Waals surface area contributed by atoms with Crippen LogP contribution in [-0.4, -0.2) is 19.6 Å². The van der Waals surface area contributed by atoms with Crippen molar-refractivity contribution in [3.8, 4) is 17.2 Å². The lowest BCUT2D eigenvalue weighted by Gasteiger charge is -2.13. The molecule has 0 atom stereocenters. The summed E-state index contributed by atoms with van der Waals surface area (Å²) in [5, 5.41) is 2.85. The maximum absolute atomic E-state index is 12.1. The molecule has 0 aromatic heterocycles. The molecule has 1 amide bonds. The minimum atomic E-state index is -0.185. The van der Waals surface area contributed by atoms with Gasteiger partial charge in [0.15, 0.2) is 18.1 Å². The second-order valence-electron chi connectivity index (χ2n) is 6.64. The van der Waals surface area contributed by atoms with E-state index >= 15 is 0 Å². The Hall–Kier alpha value is -3.47. The van der Waals surface area contributed by atoms with E-state index in [-0.39, 0.29) is 12.5 Å². The van der Waals surface area contributed by atoms with Crippen LogP contribution in [0.2, 0.25) is 0 Å². The number of rotatable bonds is 9. The molecular weight excluding hydrogens is 366 g/mol.